The Morgan fingerprint density at radius 1 is 1.03 bits per heavy atom. The Balaban J connectivity index is 1.46. The maximum atomic E-state index is 9.12. The van der Waals surface area contributed by atoms with Crippen molar-refractivity contribution < 1.29 is 4.74 Å². The number of nitriles is 1. The zero-order valence-electron chi connectivity index (χ0n) is 18.1. The van der Waals surface area contributed by atoms with Crippen molar-refractivity contribution >= 4 is 16.9 Å². The molecular formula is C25H23N7O. The van der Waals surface area contributed by atoms with Crippen molar-refractivity contribution in [3.05, 3.63) is 73.2 Å². The number of anilines is 1. The summed E-state index contributed by atoms with van der Waals surface area (Å²) >= 11 is 0. The van der Waals surface area contributed by atoms with Gasteiger partial charge in [-0.1, -0.05) is 24.8 Å². The average molecular weight is 438 g/mol. The second-order valence-corrected chi connectivity index (χ2v) is 7.97. The molecular weight excluding hydrogens is 414 g/mol. The summed E-state index contributed by atoms with van der Waals surface area (Å²) in [4.78, 5) is 10.7. The largest absolute Gasteiger partial charge is 0.457 e. The van der Waals surface area contributed by atoms with Crippen LogP contribution >= 0.6 is 0 Å². The number of ether oxygens (including phenoxy) is 1. The summed E-state index contributed by atoms with van der Waals surface area (Å²) < 4.78 is 7.87. The number of likely N-dealkylation sites (tertiary alicyclic amines) is 1. The van der Waals surface area contributed by atoms with Gasteiger partial charge < -0.3 is 15.4 Å². The molecule has 2 N–H and O–H groups in total. The Bertz CT molecular complexity index is 1330. The van der Waals surface area contributed by atoms with Gasteiger partial charge in [-0.2, -0.15) is 10.4 Å². The predicted molar refractivity (Wildman–Crippen MR) is 126 cm³/mol. The van der Waals surface area contributed by atoms with E-state index in [0.29, 0.717) is 11.5 Å². The van der Waals surface area contributed by atoms with Gasteiger partial charge in [-0.05, 0) is 49.2 Å². The molecule has 0 unspecified atom stereocenters. The van der Waals surface area contributed by atoms with E-state index >= 15 is 0 Å². The highest BCUT2D eigenvalue weighted by molar-refractivity contribution is 5.98. The van der Waals surface area contributed by atoms with Gasteiger partial charge in [-0.3, -0.25) is 0 Å². The molecule has 0 amide bonds. The smallest absolute Gasteiger partial charge is 0.164 e. The van der Waals surface area contributed by atoms with E-state index in [4.69, 9.17) is 20.8 Å². The minimum absolute atomic E-state index is 0.152. The van der Waals surface area contributed by atoms with Crippen molar-refractivity contribution in [3.8, 4) is 28.8 Å². The number of hydrogen-bond acceptors (Lipinski definition) is 7. The first-order chi connectivity index (χ1) is 16.1. The quantitative estimate of drug-likeness (QED) is 0.457. The fourth-order valence-corrected chi connectivity index (χ4v) is 4.21. The number of benzene rings is 2. The number of fused-ring (bicyclic) bond motifs is 1. The minimum atomic E-state index is 0.152. The van der Waals surface area contributed by atoms with E-state index < -0.39 is 0 Å². The molecule has 4 aromatic rings. The maximum Gasteiger partial charge on any atom is 0.164 e. The molecule has 8 heteroatoms. The fraction of sp³-hybridized carbons (Fsp3) is 0.200. The zero-order valence-corrected chi connectivity index (χ0v) is 18.1. The third-order valence-corrected chi connectivity index (χ3v) is 5.95. The Morgan fingerprint density at radius 3 is 2.42 bits per heavy atom. The monoisotopic (exact) mass is 437 g/mol. The summed E-state index contributed by atoms with van der Waals surface area (Å²) in [5, 5.41) is 14.8. The summed E-state index contributed by atoms with van der Waals surface area (Å²) in [5.74, 6) is 1.92. The molecule has 1 saturated heterocycles. The summed E-state index contributed by atoms with van der Waals surface area (Å²) in [5.41, 5.74) is 9.15. The lowest BCUT2D eigenvalue weighted by molar-refractivity contribution is 0.228. The molecule has 5 rings (SSSR count). The molecule has 0 atom stereocenters. The third-order valence-electron chi connectivity index (χ3n) is 5.95. The van der Waals surface area contributed by atoms with Crippen LogP contribution in [-0.2, 0) is 0 Å². The van der Waals surface area contributed by atoms with Crippen molar-refractivity contribution in [2.45, 2.75) is 18.9 Å². The van der Waals surface area contributed by atoms with Crippen LogP contribution in [0.5, 0.6) is 11.5 Å². The topological polar surface area (TPSA) is 106 Å². The molecule has 0 radical (unpaired) electrons. The van der Waals surface area contributed by atoms with Gasteiger partial charge >= 0.3 is 0 Å². The molecule has 8 nitrogen and oxygen atoms in total. The number of rotatable bonds is 5. The number of piperidine rings is 1. The van der Waals surface area contributed by atoms with Gasteiger partial charge in [0.2, 0.25) is 0 Å². The molecule has 0 saturated carbocycles. The van der Waals surface area contributed by atoms with Crippen LogP contribution in [0.25, 0.3) is 22.3 Å². The van der Waals surface area contributed by atoms with Crippen molar-refractivity contribution in [1.82, 2.24) is 24.6 Å². The number of nitrogens with two attached hydrogens (primary N) is 1. The number of aromatic nitrogens is 4. The highest BCUT2D eigenvalue weighted by Crippen LogP contribution is 2.35. The first kappa shape index (κ1) is 20.5. The van der Waals surface area contributed by atoms with E-state index in [1.54, 1.807) is 0 Å². The zero-order chi connectivity index (χ0) is 22.8. The second-order valence-electron chi connectivity index (χ2n) is 7.97. The predicted octanol–water partition coefficient (Wildman–Crippen LogP) is 4.54. The molecule has 1 fully saturated rings. The molecule has 33 heavy (non-hydrogen) atoms. The standard InChI is InChI=1S/C25H23N7O/c1-17(15-26)31-13-11-19(12-14-31)32-25-22(24(27)28-16-29-25)23(30-32)18-7-9-21(10-8-18)33-20-5-3-2-4-6-20/h2-10,16,19H,1,11-14H2,(H2,27,28,29). The lowest BCUT2D eigenvalue weighted by Gasteiger charge is -2.32. The van der Waals surface area contributed by atoms with Crippen molar-refractivity contribution in [3.63, 3.8) is 0 Å². The first-order valence-electron chi connectivity index (χ1n) is 10.8. The van der Waals surface area contributed by atoms with Gasteiger partial charge in [0.05, 0.1) is 11.4 Å². The maximum absolute atomic E-state index is 9.12. The van der Waals surface area contributed by atoms with Gasteiger partial charge in [0.15, 0.2) is 5.65 Å². The van der Waals surface area contributed by atoms with Crippen LogP contribution in [0.2, 0.25) is 0 Å². The molecule has 0 spiro atoms. The van der Waals surface area contributed by atoms with E-state index in [2.05, 4.69) is 22.6 Å². The van der Waals surface area contributed by atoms with E-state index in [1.807, 2.05) is 64.2 Å². The van der Waals surface area contributed by atoms with Crippen LogP contribution in [0.4, 0.5) is 5.82 Å². The summed E-state index contributed by atoms with van der Waals surface area (Å²) in [7, 11) is 0. The van der Waals surface area contributed by atoms with Crippen molar-refractivity contribution in [2.75, 3.05) is 18.8 Å². The summed E-state index contributed by atoms with van der Waals surface area (Å²) in [6.07, 6.45) is 3.15. The molecule has 164 valence electrons. The number of para-hydroxylation sites is 1. The summed E-state index contributed by atoms with van der Waals surface area (Å²) in [6, 6.07) is 19.7. The second kappa shape index (κ2) is 8.63. The molecule has 0 aliphatic carbocycles. The highest BCUT2D eigenvalue weighted by atomic mass is 16.5. The van der Waals surface area contributed by atoms with Gasteiger partial charge in [0.25, 0.3) is 0 Å². The Kier molecular flexibility index (Phi) is 5.37. The number of nitrogen functional groups attached to an aromatic ring is 1. The Hall–Kier alpha value is -4.38. The minimum Gasteiger partial charge on any atom is -0.457 e. The van der Waals surface area contributed by atoms with Crippen LogP contribution in [-0.4, -0.2) is 37.7 Å². The Labute approximate surface area is 191 Å². The molecule has 1 aliphatic rings. The number of hydrogen-bond donors (Lipinski definition) is 1. The van der Waals surface area contributed by atoms with Crippen molar-refractivity contribution in [2.24, 2.45) is 0 Å². The van der Waals surface area contributed by atoms with Gasteiger partial charge in [0.1, 0.15) is 41.1 Å². The van der Waals surface area contributed by atoms with E-state index in [0.717, 1.165) is 59.7 Å². The molecule has 3 heterocycles. The lowest BCUT2D eigenvalue weighted by atomic mass is 10.0. The van der Waals surface area contributed by atoms with E-state index in [-0.39, 0.29) is 6.04 Å². The molecule has 0 bridgehead atoms. The molecule has 2 aromatic heterocycles. The van der Waals surface area contributed by atoms with Crippen LogP contribution in [0.3, 0.4) is 0 Å². The number of allylic oxidation sites excluding steroid dienone is 1. The number of nitrogens with zero attached hydrogens (tertiary/aromatic N) is 6. The summed E-state index contributed by atoms with van der Waals surface area (Å²) in [6.45, 7) is 5.33. The normalized spacial score (nSPS) is 14.2. The fourth-order valence-electron chi connectivity index (χ4n) is 4.21. The van der Waals surface area contributed by atoms with Crippen molar-refractivity contribution in [1.29, 1.82) is 5.26 Å². The third kappa shape index (κ3) is 3.96. The van der Waals surface area contributed by atoms with Gasteiger partial charge in [-0.25, -0.2) is 14.6 Å². The lowest BCUT2D eigenvalue weighted by Crippen LogP contribution is -2.33. The van der Waals surface area contributed by atoms with E-state index in [1.165, 1.54) is 6.33 Å². The first-order valence-corrected chi connectivity index (χ1v) is 10.8. The molecule has 1 aliphatic heterocycles. The average Bonchev–Trinajstić information content (AvgIpc) is 3.26. The SMILES string of the molecule is C=C(C#N)N1CCC(n2nc(-c3ccc(Oc4ccccc4)cc3)c3c(N)ncnc32)CC1. The van der Waals surface area contributed by atoms with Crippen LogP contribution in [0.1, 0.15) is 18.9 Å². The van der Waals surface area contributed by atoms with Crippen LogP contribution in [0, 0.1) is 11.3 Å². The van der Waals surface area contributed by atoms with Gasteiger partial charge in [0, 0.05) is 18.7 Å². The molecule has 2 aromatic carbocycles. The van der Waals surface area contributed by atoms with Gasteiger partial charge in [-0.15, -0.1) is 0 Å². The van der Waals surface area contributed by atoms with Crippen LogP contribution in [0.15, 0.2) is 73.2 Å². The Morgan fingerprint density at radius 2 is 1.73 bits per heavy atom. The van der Waals surface area contributed by atoms with Crippen LogP contribution < -0.4 is 10.5 Å². The van der Waals surface area contributed by atoms with E-state index in [9.17, 15) is 0 Å². The highest BCUT2D eigenvalue weighted by Gasteiger charge is 2.26.